The van der Waals surface area contributed by atoms with Gasteiger partial charge < -0.3 is 4.90 Å². The quantitative estimate of drug-likeness (QED) is 0.823. The molecular weight excluding hydrogens is 251 g/mol. The van der Waals surface area contributed by atoms with Gasteiger partial charge in [0.25, 0.3) is 0 Å². The molecule has 1 aromatic rings. The smallest absolute Gasteiger partial charge is 0.148 e. The van der Waals surface area contributed by atoms with Gasteiger partial charge in [-0.1, -0.05) is 33.8 Å². The van der Waals surface area contributed by atoms with Crippen LogP contribution in [0.3, 0.4) is 0 Å². The molecule has 3 heteroatoms. The van der Waals surface area contributed by atoms with E-state index in [-0.39, 0.29) is 5.41 Å². The molecule has 1 saturated heterocycles. The summed E-state index contributed by atoms with van der Waals surface area (Å²) in [5.74, 6) is 1.70. The molecule has 2 fully saturated rings. The molecule has 0 amide bonds. The van der Waals surface area contributed by atoms with Crippen molar-refractivity contribution in [2.24, 2.45) is 11.3 Å². The van der Waals surface area contributed by atoms with E-state index in [2.05, 4.69) is 43.6 Å². The lowest BCUT2D eigenvalue weighted by molar-refractivity contribution is 0.0925. The monoisotopic (exact) mass is 276 g/mol. The molecule has 0 radical (unpaired) electrons. The van der Waals surface area contributed by atoms with Crippen molar-refractivity contribution in [1.29, 1.82) is 0 Å². The van der Waals surface area contributed by atoms with Gasteiger partial charge in [-0.15, -0.1) is 0 Å². The van der Waals surface area contributed by atoms with Gasteiger partial charge in [-0.3, -0.25) is 0 Å². The SMILES string of the molecule is CC(c1ccc(N2CC(F)(C3CC3)C2)nc1)C(C)(C)C. The van der Waals surface area contributed by atoms with Gasteiger partial charge in [0.2, 0.25) is 0 Å². The molecule has 0 spiro atoms. The van der Waals surface area contributed by atoms with Crippen LogP contribution in [0.1, 0.15) is 52.0 Å². The molecule has 1 saturated carbocycles. The standard InChI is InChI=1S/C17H25FN2/c1-12(16(2,3)4)13-5-8-15(19-9-13)20-10-17(18,11-20)14-6-7-14/h5,8-9,12,14H,6-7,10-11H2,1-4H3. The zero-order valence-electron chi connectivity index (χ0n) is 13.0. The third-order valence-electron chi connectivity index (χ3n) is 5.11. The first kappa shape index (κ1) is 13.8. The third kappa shape index (κ3) is 2.43. The molecule has 1 aliphatic heterocycles. The summed E-state index contributed by atoms with van der Waals surface area (Å²) in [6.45, 7) is 10.0. The molecule has 0 N–H and O–H groups in total. The average molecular weight is 276 g/mol. The van der Waals surface area contributed by atoms with E-state index >= 15 is 0 Å². The summed E-state index contributed by atoms with van der Waals surface area (Å²) in [5, 5.41) is 0. The lowest BCUT2D eigenvalue weighted by Gasteiger charge is -2.45. The fraction of sp³-hybridized carbons (Fsp3) is 0.706. The van der Waals surface area contributed by atoms with Gasteiger partial charge in [0.1, 0.15) is 11.5 Å². The molecule has 0 aromatic carbocycles. The number of hydrogen-bond acceptors (Lipinski definition) is 2. The molecule has 20 heavy (non-hydrogen) atoms. The summed E-state index contributed by atoms with van der Waals surface area (Å²) in [6.07, 6.45) is 4.10. The number of halogens is 1. The molecule has 1 unspecified atom stereocenters. The maximum absolute atomic E-state index is 14.3. The highest BCUT2D eigenvalue weighted by Gasteiger charge is 2.54. The summed E-state index contributed by atoms with van der Waals surface area (Å²) in [4.78, 5) is 6.60. The van der Waals surface area contributed by atoms with Crippen LogP contribution in [0.15, 0.2) is 18.3 Å². The predicted molar refractivity (Wildman–Crippen MR) is 80.9 cm³/mol. The van der Waals surface area contributed by atoms with Crippen molar-refractivity contribution in [2.45, 2.75) is 52.1 Å². The van der Waals surface area contributed by atoms with Crippen molar-refractivity contribution in [3.63, 3.8) is 0 Å². The summed E-state index contributed by atoms with van der Waals surface area (Å²) < 4.78 is 14.3. The van der Waals surface area contributed by atoms with E-state index in [4.69, 9.17) is 0 Å². The molecular formula is C17H25FN2. The first-order valence-electron chi connectivity index (χ1n) is 7.69. The molecule has 110 valence electrons. The average Bonchev–Trinajstić information content (AvgIpc) is 3.18. The van der Waals surface area contributed by atoms with Gasteiger partial charge in [0.15, 0.2) is 0 Å². The normalized spacial score (nSPS) is 23.4. The van der Waals surface area contributed by atoms with E-state index in [0.29, 0.717) is 24.9 Å². The second-order valence-electron chi connectivity index (χ2n) is 7.70. The van der Waals surface area contributed by atoms with Crippen LogP contribution in [0.5, 0.6) is 0 Å². The maximum atomic E-state index is 14.3. The number of pyridine rings is 1. The van der Waals surface area contributed by atoms with Gasteiger partial charge in [0, 0.05) is 6.20 Å². The maximum Gasteiger partial charge on any atom is 0.148 e. The van der Waals surface area contributed by atoms with Crippen molar-refractivity contribution >= 4 is 5.82 Å². The van der Waals surface area contributed by atoms with Gasteiger partial charge >= 0.3 is 0 Å². The fourth-order valence-corrected chi connectivity index (χ4v) is 2.95. The summed E-state index contributed by atoms with van der Waals surface area (Å²) in [6, 6.07) is 4.19. The molecule has 3 rings (SSSR count). The van der Waals surface area contributed by atoms with Crippen LogP contribution < -0.4 is 4.90 Å². The van der Waals surface area contributed by atoms with E-state index < -0.39 is 5.67 Å². The molecule has 0 bridgehead atoms. The molecule has 2 nitrogen and oxygen atoms in total. The lowest BCUT2D eigenvalue weighted by Crippen LogP contribution is -2.60. The molecule has 1 aromatic heterocycles. The minimum Gasteiger partial charge on any atom is -0.350 e. The van der Waals surface area contributed by atoms with Gasteiger partial charge in [0.05, 0.1) is 13.1 Å². The number of alkyl halides is 1. The van der Waals surface area contributed by atoms with Gasteiger partial charge in [-0.05, 0) is 41.7 Å². The Morgan fingerprint density at radius 3 is 2.40 bits per heavy atom. The highest BCUT2D eigenvalue weighted by Crippen LogP contribution is 2.48. The number of anilines is 1. The summed E-state index contributed by atoms with van der Waals surface area (Å²) >= 11 is 0. The van der Waals surface area contributed by atoms with Crippen molar-refractivity contribution in [1.82, 2.24) is 4.98 Å². The minimum absolute atomic E-state index is 0.236. The Hall–Kier alpha value is -1.12. The number of aromatic nitrogens is 1. The first-order valence-corrected chi connectivity index (χ1v) is 7.69. The van der Waals surface area contributed by atoms with Crippen molar-refractivity contribution in [2.75, 3.05) is 18.0 Å². The van der Waals surface area contributed by atoms with E-state index in [1.165, 1.54) is 5.56 Å². The zero-order chi connectivity index (χ0) is 14.5. The van der Waals surface area contributed by atoms with Crippen LogP contribution in [0, 0.1) is 11.3 Å². The van der Waals surface area contributed by atoms with E-state index in [9.17, 15) is 4.39 Å². The van der Waals surface area contributed by atoms with Crippen LogP contribution in [0.4, 0.5) is 10.2 Å². The highest BCUT2D eigenvalue weighted by atomic mass is 19.1. The molecule has 1 aliphatic carbocycles. The van der Waals surface area contributed by atoms with Crippen LogP contribution in [0.25, 0.3) is 0 Å². The Morgan fingerprint density at radius 2 is 1.95 bits per heavy atom. The molecule has 2 heterocycles. The summed E-state index contributed by atoms with van der Waals surface area (Å²) in [5.41, 5.74) is 0.564. The Balaban J connectivity index is 1.65. The van der Waals surface area contributed by atoms with E-state index in [0.717, 1.165) is 18.7 Å². The second kappa shape index (κ2) is 4.44. The van der Waals surface area contributed by atoms with E-state index in [1.54, 1.807) is 0 Å². The number of rotatable bonds is 3. The van der Waals surface area contributed by atoms with E-state index in [1.807, 2.05) is 12.3 Å². The predicted octanol–water partition coefficient (Wildman–Crippen LogP) is 4.17. The van der Waals surface area contributed by atoms with Crippen LogP contribution in [0.2, 0.25) is 0 Å². The first-order chi connectivity index (χ1) is 9.29. The lowest BCUT2D eigenvalue weighted by atomic mass is 9.78. The van der Waals surface area contributed by atoms with Crippen molar-refractivity contribution in [3.05, 3.63) is 23.9 Å². The highest BCUT2D eigenvalue weighted by molar-refractivity contribution is 5.45. The molecule has 2 aliphatic rings. The minimum atomic E-state index is -0.931. The topological polar surface area (TPSA) is 16.1 Å². The summed E-state index contributed by atoms with van der Waals surface area (Å²) in [7, 11) is 0. The largest absolute Gasteiger partial charge is 0.350 e. The second-order valence-corrected chi connectivity index (χ2v) is 7.70. The Bertz CT molecular complexity index is 479. The van der Waals surface area contributed by atoms with Crippen LogP contribution in [-0.4, -0.2) is 23.7 Å². The number of hydrogen-bond donors (Lipinski definition) is 0. The Morgan fingerprint density at radius 1 is 1.30 bits per heavy atom. The zero-order valence-corrected chi connectivity index (χ0v) is 13.0. The fourth-order valence-electron chi connectivity index (χ4n) is 2.95. The van der Waals surface area contributed by atoms with Crippen molar-refractivity contribution in [3.8, 4) is 0 Å². The van der Waals surface area contributed by atoms with Crippen LogP contribution >= 0.6 is 0 Å². The Kier molecular flexibility index (Phi) is 3.07. The van der Waals surface area contributed by atoms with Gasteiger partial charge in [-0.2, -0.15) is 0 Å². The van der Waals surface area contributed by atoms with Gasteiger partial charge in [-0.25, -0.2) is 9.37 Å². The molecule has 1 atom stereocenters. The third-order valence-corrected chi connectivity index (χ3v) is 5.11. The Labute approximate surface area is 121 Å². The number of nitrogens with zero attached hydrogens (tertiary/aromatic N) is 2. The van der Waals surface area contributed by atoms with Crippen molar-refractivity contribution < 1.29 is 4.39 Å². The van der Waals surface area contributed by atoms with Crippen LogP contribution in [-0.2, 0) is 0 Å².